The number of nitrogens with zero attached hydrogens (tertiary/aromatic N) is 4. The fourth-order valence-corrected chi connectivity index (χ4v) is 4.13. The van der Waals surface area contributed by atoms with Gasteiger partial charge in [-0.25, -0.2) is 0 Å². The highest BCUT2D eigenvalue weighted by Gasteiger charge is 2.31. The van der Waals surface area contributed by atoms with Gasteiger partial charge in [-0.1, -0.05) is 24.3 Å². The van der Waals surface area contributed by atoms with Crippen LogP contribution in [0.5, 0.6) is 0 Å². The molecule has 3 rings (SSSR count). The van der Waals surface area contributed by atoms with Gasteiger partial charge in [0.25, 0.3) is 0 Å². The number of dihydropyridines is 2. The third kappa shape index (κ3) is 3.22. The molecule has 0 amide bonds. The van der Waals surface area contributed by atoms with Crippen molar-refractivity contribution in [1.29, 1.82) is 21.0 Å². The van der Waals surface area contributed by atoms with Gasteiger partial charge in [-0.3, -0.25) is 0 Å². The molecule has 0 saturated heterocycles. The van der Waals surface area contributed by atoms with E-state index in [1.54, 1.807) is 0 Å². The van der Waals surface area contributed by atoms with Gasteiger partial charge in [0.2, 0.25) is 0 Å². The lowest BCUT2D eigenvalue weighted by Crippen LogP contribution is -2.24. The molecule has 0 bridgehead atoms. The van der Waals surface area contributed by atoms with Crippen LogP contribution < -0.4 is 10.6 Å². The van der Waals surface area contributed by atoms with Crippen LogP contribution in [0.25, 0.3) is 0 Å². The van der Waals surface area contributed by atoms with E-state index in [1.165, 1.54) is 0 Å². The minimum atomic E-state index is -0.441. The second kappa shape index (κ2) is 8.00. The van der Waals surface area contributed by atoms with E-state index < -0.39 is 11.8 Å². The Balaban J connectivity index is 2.11. The number of benzene rings is 1. The molecule has 0 unspecified atom stereocenters. The molecule has 2 N–H and O–H groups in total. The standard InChI is InChI=1S/C24H20N6/c1-13-19(9-25)23(20(10-26)14(2)29-13)17-5-7-18(8-6-17)24-21(11-27)15(3)30-16(4)22(24)12-28/h5-8,23-24,29-30H,1-4H3. The molecule has 0 saturated carbocycles. The summed E-state index contributed by atoms with van der Waals surface area (Å²) in [4.78, 5) is 0. The molecule has 0 atom stereocenters. The first kappa shape index (κ1) is 20.5. The Morgan fingerprint density at radius 2 is 0.767 bits per heavy atom. The smallest absolute Gasteiger partial charge is 0.0975 e. The van der Waals surface area contributed by atoms with Crippen molar-refractivity contribution in [3.8, 4) is 24.3 Å². The van der Waals surface area contributed by atoms with E-state index >= 15 is 0 Å². The van der Waals surface area contributed by atoms with Gasteiger partial charge in [0.1, 0.15) is 0 Å². The molecule has 0 fully saturated rings. The van der Waals surface area contributed by atoms with Crippen LogP contribution >= 0.6 is 0 Å². The second-order valence-corrected chi connectivity index (χ2v) is 7.38. The first-order chi connectivity index (χ1) is 14.4. The van der Waals surface area contributed by atoms with Crippen LogP contribution in [0.4, 0.5) is 0 Å². The van der Waals surface area contributed by atoms with E-state index in [-0.39, 0.29) is 0 Å². The number of hydrogen-bond donors (Lipinski definition) is 2. The monoisotopic (exact) mass is 392 g/mol. The lowest BCUT2D eigenvalue weighted by molar-refractivity contribution is 0.805. The van der Waals surface area contributed by atoms with Gasteiger partial charge in [0.05, 0.1) is 58.4 Å². The second-order valence-electron chi connectivity index (χ2n) is 7.38. The molecule has 0 radical (unpaired) electrons. The van der Waals surface area contributed by atoms with Gasteiger partial charge in [-0.15, -0.1) is 0 Å². The molecular weight excluding hydrogens is 372 g/mol. The van der Waals surface area contributed by atoms with Crippen molar-refractivity contribution in [3.05, 3.63) is 80.5 Å². The van der Waals surface area contributed by atoms with Crippen LogP contribution in [0.2, 0.25) is 0 Å². The summed E-state index contributed by atoms with van der Waals surface area (Å²) in [5, 5.41) is 44.9. The molecule has 1 aromatic rings. The zero-order valence-electron chi connectivity index (χ0n) is 17.3. The summed E-state index contributed by atoms with van der Waals surface area (Å²) in [6.07, 6.45) is 0. The van der Waals surface area contributed by atoms with Crippen molar-refractivity contribution in [3.63, 3.8) is 0 Å². The lowest BCUT2D eigenvalue weighted by atomic mass is 9.78. The van der Waals surface area contributed by atoms with Crippen molar-refractivity contribution in [2.24, 2.45) is 0 Å². The SMILES string of the molecule is CC1=C(C#N)C(c2ccc(C3C(C#N)=C(C)NC(C)=C3C#N)cc2)C(C#N)=C(C)N1. The Morgan fingerprint density at radius 1 is 0.533 bits per heavy atom. The summed E-state index contributed by atoms with van der Waals surface area (Å²) in [7, 11) is 0. The van der Waals surface area contributed by atoms with Gasteiger partial charge in [0, 0.05) is 22.8 Å². The highest BCUT2D eigenvalue weighted by molar-refractivity contribution is 5.58. The first-order valence-corrected chi connectivity index (χ1v) is 9.45. The third-order valence-corrected chi connectivity index (χ3v) is 5.61. The van der Waals surface area contributed by atoms with E-state index in [0.717, 1.165) is 33.9 Å². The first-order valence-electron chi connectivity index (χ1n) is 9.45. The van der Waals surface area contributed by atoms with Crippen LogP contribution in [0, 0.1) is 45.3 Å². The fourth-order valence-electron chi connectivity index (χ4n) is 4.13. The number of rotatable bonds is 2. The van der Waals surface area contributed by atoms with Crippen LogP contribution in [0.1, 0.15) is 50.7 Å². The van der Waals surface area contributed by atoms with E-state index in [4.69, 9.17) is 0 Å². The molecule has 1 aromatic carbocycles. The van der Waals surface area contributed by atoms with Crippen LogP contribution in [-0.4, -0.2) is 0 Å². The molecule has 146 valence electrons. The number of hydrogen-bond acceptors (Lipinski definition) is 6. The Hall–Kier alpha value is -4.26. The third-order valence-electron chi connectivity index (χ3n) is 5.61. The van der Waals surface area contributed by atoms with Crippen molar-refractivity contribution < 1.29 is 0 Å². The Kier molecular flexibility index (Phi) is 5.46. The highest BCUT2D eigenvalue weighted by atomic mass is 14.9. The predicted molar refractivity (Wildman–Crippen MR) is 111 cm³/mol. The normalized spacial score (nSPS) is 17.6. The lowest BCUT2D eigenvalue weighted by Gasteiger charge is -2.28. The maximum Gasteiger partial charge on any atom is 0.0975 e. The van der Waals surface area contributed by atoms with Gasteiger partial charge in [0.15, 0.2) is 0 Å². The molecule has 6 heteroatoms. The van der Waals surface area contributed by atoms with Gasteiger partial charge in [-0.05, 0) is 38.8 Å². The number of nitriles is 4. The molecule has 30 heavy (non-hydrogen) atoms. The molecule has 2 aliphatic rings. The Morgan fingerprint density at radius 3 is 0.967 bits per heavy atom. The van der Waals surface area contributed by atoms with Crippen LogP contribution in [0.3, 0.4) is 0 Å². The van der Waals surface area contributed by atoms with Gasteiger partial charge >= 0.3 is 0 Å². The van der Waals surface area contributed by atoms with Crippen LogP contribution in [0.15, 0.2) is 69.3 Å². The summed E-state index contributed by atoms with van der Waals surface area (Å²) in [5.41, 5.74) is 6.60. The van der Waals surface area contributed by atoms with E-state index in [9.17, 15) is 21.0 Å². The van der Waals surface area contributed by atoms with Gasteiger partial charge < -0.3 is 10.6 Å². The average molecular weight is 392 g/mol. The predicted octanol–water partition coefficient (Wildman–Crippen LogP) is 4.25. The summed E-state index contributed by atoms with van der Waals surface area (Å²) in [6, 6.07) is 16.4. The summed E-state index contributed by atoms with van der Waals surface area (Å²) < 4.78 is 0. The summed E-state index contributed by atoms with van der Waals surface area (Å²) in [6.45, 7) is 7.30. The number of nitrogens with one attached hydrogen (secondary N) is 2. The van der Waals surface area contributed by atoms with E-state index in [2.05, 4.69) is 34.9 Å². The quantitative estimate of drug-likeness (QED) is 0.776. The molecular formula is C24H20N6. The van der Waals surface area contributed by atoms with Crippen molar-refractivity contribution in [1.82, 2.24) is 10.6 Å². The maximum absolute atomic E-state index is 9.67. The fraction of sp³-hybridized carbons (Fsp3) is 0.250. The van der Waals surface area contributed by atoms with Crippen molar-refractivity contribution in [2.75, 3.05) is 0 Å². The summed E-state index contributed by atoms with van der Waals surface area (Å²) in [5.74, 6) is -0.882. The molecule has 2 heterocycles. The topological polar surface area (TPSA) is 119 Å². The van der Waals surface area contributed by atoms with Crippen molar-refractivity contribution in [2.45, 2.75) is 39.5 Å². The molecule has 0 aromatic heterocycles. The largest absolute Gasteiger partial charge is 0.361 e. The van der Waals surface area contributed by atoms with E-state index in [0.29, 0.717) is 22.3 Å². The average Bonchev–Trinajstić information content (AvgIpc) is 2.73. The molecule has 2 aliphatic heterocycles. The van der Waals surface area contributed by atoms with Crippen molar-refractivity contribution >= 4 is 0 Å². The molecule has 0 spiro atoms. The zero-order valence-corrected chi connectivity index (χ0v) is 17.3. The summed E-state index contributed by atoms with van der Waals surface area (Å²) >= 11 is 0. The minimum Gasteiger partial charge on any atom is -0.361 e. The molecule has 6 nitrogen and oxygen atoms in total. The Labute approximate surface area is 176 Å². The number of allylic oxidation sites excluding steroid dienone is 8. The zero-order chi connectivity index (χ0) is 22.0. The molecule has 0 aliphatic carbocycles. The minimum absolute atomic E-state index is 0.441. The van der Waals surface area contributed by atoms with E-state index in [1.807, 2.05) is 52.0 Å². The Bertz CT molecular complexity index is 1040. The van der Waals surface area contributed by atoms with Crippen LogP contribution in [-0.2, 0) is 0 Å². The van der Waals surface area contributed by atoms with Gasteiger partial charge in [-0.2, -0.15) is 21.0 Å². The maximum atomic E-state index is 9.67. The highest BCUT2D eigenvalue weighted by Crippen LogP contribution is 2.40.